The van der Waals surface area contributed by atoms with Crippen molar-refractivity contribution in [3.8, 4) is 0 Å². The molecule has 1 aliphatic rings. The first-order chi connectivity index (χ1) is 7.66. The maximum Gasteiger partial charge on any atom is 0.0741 e. The summed E-state index contributed by atoms with van der Waals surface area (Å²) in [4.78, 5) is 0. The van der Waals surface area contributed by atoms with Crippen molar-refractivity contribution in [2.45, 2.75) is 44.8 Å². The summed E-state index contributed by atoms with van der Waals surface area (Å²) in [7, 11) is 0. The largest absolute Gasteiger partial charge is 0.391 e. The van der Waals surface area contributed by atoms with Gasteiger partial charge in [0.2, 0.25) is 0 Å². The molecule has 0 unspecified atom stereocenters. The van der Waals surface area contributed by atoms with E-state index >= 15 is 0 Å². The lowest BCUT2D eigenvalue weighted by Gasteiger charge is -2.29. The van der Waals surface area contributed by atoms with Crippen LogP contribution in [-0.4, -0.2) is 17.3 Å². The van der Waals surface area contributed by atoms with E-state index in [-0.39, 0.29) is 12.1 Å². The molecule has 0 amide bonds. The van der Waals surface area contributed by atoms with Gasteiger partial charge in [-0.25, -0.2) is 0 Å². The summed E-state index contributed by atoms with van der Waals surface area (Å²) in [6, 6.07) is 6.41. The zero-order valence-corrected chi connectivity index (χ0v) is 11.1. The van der Waals surface area contributed by atoms with E-state index in [9.17, 15) is 5.11 Å². The Morgan fingerprint density at radius 1 is 1.31 bits per heavy atom. The number of halogens is 1. The van der Waals surface area contributed by atoms with E-state index in [0.29, 0.717) is 0 Å². The average Bonchev–Trinajstić information content (AvgIpc) is 2.27. The standard InChI is InChI=1S/C13H18BrNO/c1-9-6-7-10(14)8-12(9)15-11-4-2-3-5-13(11)16/h6-8,11,13,15-16H,2-5H2,1H3/t11-,13-/m1/s1. The molecule has 0 radical (unpaired) electrons. The molecule has 0 aliphatic heterocycles. The average molecular weight is 284 g/mol. The van der Waals surface area contributed by atoms with Crippen molar-refractivity contribution >= 4 is 21.6 Å². The van der Waals surface area contributed by atoms with Crippen LogP contribution in [0.3, 0.4) is 0 Å². The van der Waals surface area contributed by atoms with Crippen LogP contribution in [0.4, 0.5) is 5.69 Å². The van der Waals surface area contributed by atoms with Crippen LogP contribution in [0.5, 0.6) is 0 Å². The summed E-state index contributed by atoms with van der Waals surface area (Å²) < 4.78 is 1.07. The Balaban J connectivity index is 2.10. The molecule has 2 N–H and O–H groups in total. The Morgan fingerprint density at radius 2 is 2.06 bits per heavy atom. The van der Waals surface area contributed by atoms with Gasteiger partial charge in [0, 0.05) is 10.2 Å². The van der Waals surface area contributed by atoms with Gasteiger partial charge in [0.25, 0.3) is 0 Å². The lowest BCUT2D eigenvalue weighted by Crippen LogP contribution is -2.36. The summed E-state index contributed by atoms with van der Waals surface area (Å²) in [6.07, 6.45) is 4.14. The second kappa shape index (κ2) is 5.19. The summed E-state index contributed by atoms with van der Waals surface area (Å²) in [5.74, 6) is 0. The highest BCUT2D eigenvalue weighted by molar-refractivity contribution is 9.10. The van der Waals surface area contributed by atoms with Crippen molar-refractivity contribution in [2.75, 3.05) is 5.32 Å². The van der Waals surface area contributed by atoms with Gasteiger partial charge in [0.05, 0.1) is 12.1 Å². The number of hydrogen-bond acceptors (Lipinski definition) is 2. The van der Waals surface area contributed by atoms with Crippen LogP contribution in [0, 0.1) is 6.92 Å². The van der Waals surface area contributed by atoms with Gasteiger partial charge in [-0.1, -0.05) is 34.8 Å². The van der Waals surface area contributed by atoms with Gasteiger partial charge >= 0.3 is 0 Å². The fourth-order valence-electron chi connectivity index (χ4n) is 2.23. The molecule has 1 aromatic carbocycles. The molecule has 1 aliphatic carbocycles. The molecule has 3 heteroatoms. The fraction of sp³-hybridized carbons (Fsp3) is 0.538. The highest BCUT2D eigenvalue weighted by Crippen LogP contribution is 2.26. The molecule has 0 aromatic heterocycles. The normalized spacial score (nSPS) is 25.4. The number of aryl methyl sites for hydroxylation is 1. The van der Waals surface area contributed by atoms with E-state index in [2.05, 4.69) is 40.3 Å². The van der Waals surface area contributed by atoms with E-state index in [1.807, 2.05) is 6.07 Å². The molecular weight excluding hydrogens is 266 g/mol. The lowest BCUT2D eigenvalue weighted by atomic mass is 9.92. The summed E-state index contributed by atoms with van der Waals surface area (Å²) in [6.45, 7) is 2.09. The van der Waals surface area contributed by atoms with Crippen LogP contribution in [-0.2, 0) is 0 Å². The van der Waals surface area contributed by atoms with Gasteiger partial charge in [-0.3, -0.25) is 0 Å². The smallest absolute Gasteiger partial charge is 0.0741 e. The van der Waals surface area contributed by atoms with Crippen molar-refractivity contribution < 1.29 is 5.11 Å². The van der Waals surface area contributed by atoms with Crippen molar-refractivity contribution in [3.63, 3.8) is 0 Å². The lowest BCUT2D eigenvalue weighted by molar-refractivity contribution is 0.116. The Kier molecular flexibility index (Phi) is 3.87. The molecule has 0 heterocycles. The van der Waals surface area contributed by atoms with Crippen molar-refractivity contribution in [1.29, 1.82) is 0 Å². The monoisotopic (exact) mass is 283 g/mol. The Bertz CT molecular complexity index is 367. The second-order valence-electron chi connectivity index (χ2n) is 4.56. The minimum atomic E-state index is -0.202. The highest BCUT2D eigenvalue weighted by atomic mass is 79.9. The minimum Gasteiger partial charge on any atom is -0.391 e. The van der Waals surface area contributed by atoms with Gasteiger partial charge in [0.1, 0.15) is 0 Å². The molecule has 2 atom stereocenters. The second-order valence-corrected chi connectivity index (χ2v) is 5.48. The number of nitrogens with one attached hydrogen (secondary N) is 1. The molecule has 2 rings (SSSR count). The maximum absolute atomic E-state index is 9.92. The zero-order chi connectivity index (χ0) is 11.5. The van der Waals surface area contributed by atoms with Gasteiger partial charge in [-0.15, -0.1) is 0 Å². The minimum absolute atomic E-state index is 0.202. The summed E-state index contributed by atoms with van der Waals surface area (Å²) in [5.41, 5.74) is 2.35. The Hall–Kier alpha value is -0.540. The third kappa shape index (κ3) is 2.77. The number of benzene rings is 1. The molecule has 2 nitrogen and oxygen atoms in total. The molecular formula is C13H18BrNO. The number of aliphatic hydroxyl groups is 1. The number of rotatable bonds is 2. The van der Waals surface area contributed by atoms with Crippen LogP contribution in [0.1, 0.15) is 31.2 Å². The maximum atomic E-state index is 9.92. The first-order valence-corrected chi connectivity index (χ1v) is 6.67. The number of anilines is 1. The summed E-state index contributed by atoms with van der Waals surface area (Å²) in [5, 5.41) is 13.4. The molecule has 0 spiro atoms. The van der Waals surface area contributed by atoms with E-state index in [0.717, 1.165) is 29.4 Å². The molecule has 88 valence electrons. The van der Waals surface area contributed by atoms with Crippen molar-refractivity contribution in [2.24, 2.45) is 0 Å². The van der Waals surface area contributed by atoms with Crippen LogP contribution in [0.15, 0.2) is 22.7 Å². The van der Waals surface area contributed by atoms with E-state index < -0.39 is 0 Å². The molecule has 1 saturated carbocycles. The van der Waals surface area contributed by atoms with Crippen LogP contribution < -0.4 is 5.32 Å². The Labute approximate surface area is 105 Å². The molecule has 16 heavy (non-hydrogen) atoms. The van der Waals surface area contributed by atoms with E-state index in [4.69, 9.17) is 0 Å². The van der Waals surface area contributed by atoms with Crippen LogP contribution in [0.2, 0.25) is 0 Å². The van der Waals surface area contributed by atoms with Gasteiger partial charge < -0.3 is 10.4 Å². The Morgan fingerprint density at radius 3 is 2.81 bits per heavy atom. The molecule has 0 bridgehead atoms. The van der Waals surface area contributed by atoms with E-state index in [1.165, 1.54) is 12.0 Å². The van der Waals surface area contributed by atoms with Crippen LogP contribution in [0.25, 0.3) is 0 Å². The number of aliphatic hydroxyl groups excluding tert-OH is 1. The first kappa shape index (κ1) is 11.9. The van der Waals surface area contributed by atoms with Gasteiger partial charge in [-0.05, 0) is 37.5 Å². The van der Waals surface area contributed by atoms with Crippen molar-refractivity contribution in [1.82, 2.24) is 0 Å². The van der Waals surface area contributed by atoms with Crippen molar-refractivity contribution in [3.05, 3.63) is 28.2 Å². The predicted octanol–water partition coefficient (Wildman–Crippen LogP) is 3.47. The first-order valence-electron chi connectivity index (χ1n) is 5.87. The summed E-state index contributed by atoms with van der Waals surface area (Å²) >= 11 is 3.47. The quantitative estimate of drug-likeness (QED) is 0.871. The fourth-order valence-corrected chi connectivity index (χ4v) is 2.59. The molecule has 0 saturated heterocycles. The number of hydrogen-bond donors (Lipinski definition) is 2. The van der Waals surface area contributed by atoms with Gasteiger partial charge in [0.15, 0.2) is 0 Å². The van der Waals surface area contributed by atoms with Gasteiger partial charge in [-0.2, -0.15) is 0 Å². The predicted molar refractivity (Wildman–Crippen MR) is 70.8 cm³/mol. The van der Waals surface area contributed by atoms with Crippen LogP contribution >= 0.6 is 15.9 Å². The SMILES string of the molecule is Cc1ccc(Br)cc1N[C@@H]1CCCC[C@H]1O. The zero-order valence-electron chi connectivity index (χ0n) is 9.54. The molecule has 1 fully saturated rings. The molecule has 1 aromatic rings. The third-order valence-corrected chi connectivity index (χ3v) is 3.76. The third-order valence-electron chi connectivity index (χ3n) is 3.27. The van der Waals surface area contributed by atoms with E-state index in [1.54, 1.807) is 0 Å². The highest BCUT2D eigenvalue weighted by Gasteiger charge is 2.22. The topological polar surface area (TPSA) is 32.3 Å².